The molecule has 2 rings (SSSR count). The fourth-order valence-electron chi connectivity index (χ4n) is 3.51. The van der Waals surface area contributed by atoms with E-state index in [-0.39, 0.29) is 5.97 Å². The fourth-order valence-corrected chi connectivity index (χ4v) is 3.51. The first-order chi connectivity index (χ1) is 15.6. The molecule has 176 valence electrons. The van der Waals surface area contributed by atoms with Gasteiger partial charge in [-0.05, 0) is 61.1 Å². The molecular formula is C28H41NO3. The van der Waals surface area contributed by atoms with Crippen molar-refractivity contribution in [2.45, 2.75) is 85.0 Å². The van der Waals surface area contributed by atoms with Gasteiger partial charge in [-0.3, -0.25) is 9.78 Å². The summed E-state index contributed by atoms with van der Waals surface area (Å²) in [6.07, 6.45) is 12.6. The van der Waals surface area contributed by atoms with Crippen LogP contribution in [0, 0.1) is 5.92 Å². The van der Waals surface area contributed by atoms with Gasteiger partial charge in [0.25, 0.3) is 0 Å². The molecule has 1 unspecified atom stereocenters. The van der Waals surface area contributed by atoms with Crippen molar-refractivity contribution in [2.24, 2.45) is 5.92 Å². The van der Waals surface area contributed by atoms with E-state index in [1.54, 1.807) is 0 Å². The molecule has 0 saturated carbocycles. The lowest BCUT2D eigenvalue weighted by Crippen LogP contribution is -2.07. The Morgan fingerprint density at radius 2 is 1.75 bits per heavy atom. The van der Waals surface area contributed by atoms with E-state index in [9.17, 15) is 4.79 Å². The van der Waals surface area contributed by atoms with E-state index in [1.807, 2.05) is 36.5 Å². The molecule has 0 aliphatic carbocycles. The number of esters is 1. The van der Waals surface area contributed by atoms with Crippen LogP contribution in [0.4, 0.5) is 0 Å². The van der Waals surface area contributed by atoms with Crippen molar-refractivity contribution >= 4 is 5.97 Å². The number of carbonyl (C=O) groups excluding carboxylic acids is 1. The monoisotopic (exact) mass is 439 g/mol. The van der Waals surface area contributed by atoms with Gasteiger partial charge >= 0.3 is 5.97 Å². The van der Waals surface area contributed by atoms with Crippen LogP contribution in [0.5, 0.6) is 5.75 Å². The van der Waals surface area contributed by atoms with Crippen molar-refractivity contribution in [1.82, 2.24) is 4.98 Å². The molecule has 0 bridgehead atoms. The van der Waals surface area contributed by atoms with E-state index in [0.29, 0.717) is 12.2 Å². The highest BCUT2D eigenvalue weighted by Crippen LogP contribution is 2.22. The van der Waals surface area contributed by atoms with Crippen molar-refractivity contribution in [3.8, 4) is 17.0 Å². The number of aromatic nitrogens is 1. The summed E-state index contributed by atoms with van der Waals surface area (Å²) in [6.45, 7) is 8.27. The van der Waals surface area contributed by atoms with Gasteiger partial charge < -0.3 is 9.47 Å². The lowest BCUT2D eigenvalue weighted by Gasteiger charge is -2.08. The van der Waals surface area contributed by atoms with Crippen LogP contribution in [0.2, 0.25) is 0 Å². The zero-order chi connectivity index (χ0) is 23.0. The number of hydrogen-bond donors (Lipinski definition) is 0. The summed E-state index contributed by atoms with van der Waals surface area (Å²) < 4.78 is 11.2. The predicted molar refractivity (Wildman–Crippen MR) is 132 cm³/mol. The molecule has 32 heavy (non-hydrogen) atoms. The minimum Gasteiger partial charge on any atom is -0.427 e. The molecule has 2 aromatic rings. The van der Waals surface area contributed by atoms with Gasteiger partial charge in [0, 0.05) is 24.8 Å². The molecule has 1 atom stereocenters. The molecule has 0 amide bonds. The number of pyridine rings is 1. The van der Waals surface area contributed by atoms with Gasteiger partial charge in [-0.15, -0.1) is 0 Å². The van der Waals surface area contributed by atoms with Gasteiger partial charge in [0.15, 0.2) is 0 Å². The van der Waals surface area contributed by atoms with E-state index < -0.39 is 0 Å². The maximum atomic E-state index is 12.0. The average Bonchev–Trinajstić information content (AvgIpc) is 2.82. The van der Waals surface area contributed by atoms with Crippen LogP contribution in [0.25, 0.3) is 11.3 Å². The van der Waals surface area contributed by atoms with Gasteiger partial charge in [0.2, 0.25) is 0 Å². The average molecular weight is 440 g/mol. The van der Waals surface area contributed by atoms with Gasteiger partial charge in [-0.2, -0.15) is 0 Å². The number of ether oxygens (including phenoxy) is 2. The smallest absolute Gasteiger partial charge is 0.311 e. The molecule has 4 nitrogen and oxygen atoms in total. The second-order valence-corrected chi connectivity index (χ2v) is 8.73. The molecule has 4 heteroatoms. The van der Waals surface area contributed by atoms with Crippen LogP contribution in [-0.2, 0) is 16.0 Å². The number of hydrogen-bond acceptors (Lipinski definition) is 4. The van der Waals surface area contributed by atoms with Crippen LogP contribution < -0.4 is 4.74 Å². The zero-order valence-corrected chi connectivity index (χ0v) is 20.3. The molecular weight excluding hydrogens is 398 g/mol. The number of nitrogens with zero attached hydrogens (tertiary/aromatic N) is 1. The van der Waals surface area contributed by atoms with Crippen molar-refractivity contribution < 1.29 is 14.3 Å². The molecule has 0 aliphatic heterocycles. The maximum absolute atomic E-state index is 12.0. The Kier molecular flexibility index (Phi) is 12.7. The third-order valence-corrected chi connectivity index (χ3v) is 5.91. The maximum Gasteiger partial charge on any atom is 0.311 e. The third kappa shape index (κ3) is 10.4. The molecule has 0 aliphatic rings. The van der Waals surface area contributed by atoms with Crippen LogP contribution in [-0.4, -0.2) is 24.2 Å². The van der Waals surface area contributed by atoms with Gasteiger partial charge in [-0.25, -0.2) is 0 Å². The topological polar surface area (TPSA) is 48.4 Å². The van der Waals surface area contributed by atoms with Crippen LogP contribution in [0.3, 0.4) is 0 Å². The second-order valence-electron chi connectivity index (χ2n) is 8.73. The van der Waals surface area contributed by atoms with Crippen LogP contribution >= 0.6 is 0 Å². The molecule has 0 spiro atoms. The van der Waals surface area contributed by atoms with E-state index in [0.717, 1.165) is 56.1 Å². The minimum atomic E-state index is -0.156. The first kappa shape index (κ1) is 26.1. The van der Waals surface area contributed by atoms with Crippen molar-refractivity contribution in [3.63, 3.8) is 0 Å². The normalized spacial score (nSPS) is 12.0. The Labute approximate surface area is 194 Å². The summed E-state index contributed by atoms with van der Waals surface area (Å²) in [4.78, 5) is 16.6. The molecule has 0 N–H and O–H groups in total. The van der Waals surface area contributed by atoms with Crippen molar-refractivity contribution in [3.05, 3.63) is 48.2 Å². The van der Waals surface area contributed by atoms with Crippen LogP contribution in [0.1, 0.15) is 84.1 Å². The van der Waals surface area contributed by atoms with E-state index in [1.165, 1.54) is 37.7 Å². The largest absolute Gasteiger partial charge is 0.427 e. The molecule has 0 radical (unpaired) electrons. The molecule has 1 aromatic carbocycles. The highest BCUT2D eigenvalue weighted by Gasteiger charge is 2.07. The highest BCUT2D eigenvalue weighted by atomic mass is 16.5. The standard InChI is InChI=1S/C28H41NO3/c1-4-6-7-10-20-31-21-19-24-13-18-27(29-22-24)25-14-16-26(17-15-25)32-28(30)12-9-8-11-23(3)5-2/h13-18,22-23H,4-12,19-21H2,1-3H3. The fraction of sp³-hybridized carbons (Fsp3) is 0.571. The van der Waals surface area contributed by atoms with Crippen molar-refractivity contribution in [2.75, 3.05) is 13.2 Å². The van der Waals surface area contributed by atoms with Gasteiger partial charge in [0.1, 0.15) is 5.75 Å². The van der Waals surface area contributed by atoms with Crippen molar-refractivity contribution in [1.29, 1.82) is 0 Å². The van der Waals surface area contributed by atoms with Crippen LogP contribution in [0.15, 0.2) is 42.6 Å². The number of unbranched alkanes of at least 4 members (excludes halogenated alkanes) is 4. The van der Waals surface area contributed by atoms with Gasteiger partial charge in [-0.1, -0.05) is 65.4 Å². The van der Waals surface area contributed by atoms with E-state index in [4.69, 9.17) is 9.47 Å². The summed E-state index contributed by atoms with van der Waals surface area (Å²) in [5.41, 5.74) is 3.11. The Bertz CT molecular complexity index is 755. The Hall–Kier alpha value is -2.20. The Morgan fingerprint density at radius 3 is 2.44 bits per heavy atom. The summed E-state index contributed by atoms with van der Waals surface area (Å²) in [5.74, 6) is 1.17. The SMILES string of the molecule is CCCCCCOCCc1ccc(-c2ccc(OC(=O)CCCCC(C)CC)cc2)nc1. The Balaban J connectivity index is 1.71. The quantitative estimate of drug-likeness (QED) is 0.155. The minimum absolute atomic E-state index is 0.156. The number of rotatable bonds is 16. The Morgan fingerprint density at radius 1 is 0.938 bits per heavy atom. The second kappa shape index (κ2) is 15.6. The summed E-state index contributed by atoms with van der Waals surface area (Å²) in [6, 6.07) is 11.7. The van der Waals surface area contributed by atoms with Gasteiger partial charge in [0.05, 0.1) is 12.3 Å². The van der Waals surface area contributed by atoms with E-state index in [2.05, 4.69) is 31.8 Å². The summed E-state index contributed by atoms with van der Waals surface area (Å²) in [7, 11) is 0. The summed E-state index contributed by atoms with van der Waals surface area (Å²) >= 11 is 0. The zero-order valence-electron chi connectivity index (χ0n) is 20.3. The first-order valence-electron chi connectivity index (χ1n) is 12.5. The lowest BCUT2D eigenvalue weighted by molar-refractivity contribution is -0.134. The molecule has 1 heterocycles. The highest BCUT2D eigenvalue weighted by molar-refractivity contribution is 5.72. The molecule has 1 aromatic heterocycles. The molecule has 0 fully saturated rings. The number of benzene rings is 1. The first-order valence-corrected chi connectivity index (χ1v) is 12.5. The third-order valence-electron chi connectivity index (χ3n) is 5.91. The molecule has 0 saturated heterocycles. The lowest BCUT2D eigenvalue weighted by atomic mass is 10.0. The van der Waals surface area contributed by atoms with E-state index >= 15 is 0 Å². The summed E-state index contributed by atoms with van der Waals surface area (Å²) in [5, 5.41) is 0. The predicted octanol–water partition coefficient (Wildman–Crippen LogP) is 7.40. The number of carbonyl (C=O) groups is 1.